The zero-order valence-corrected chi connectivity index (χ0v) is 13.8. The molecular weight excluding hydrogens is 322 g/mol. The minimum absolute atomic E-state index is 0.361. The molecule has 0 radical (unpaired) electrons. The van der Waals surface area contributed by atoms with Crippen LogP contribution in [0.15, 0.2) is 16.6 Å². The van der Waals surface area contributed by atoms with Gasteiger partial charge >= 0.3 is 0 Å². The molecule has 1 heterocycles. The molecule has 0 saturated carbocycles. The first kappa shape index (κ1) is 15.6. The molecule has 1 saturated heterocycles. The first-order valence-electron chi connectivity index (χ1n) is 6.88. The van der Waals surface area contributed by atoms with Gasteiger partial charge in [0, 0.05) is 19.7 Å². The Balaban J connectivity index is 1.94. The highest BCUT2D eigenvalue weighted by molar-refractivity contribution is 9.10. The standard InChI is InChI=1S/C15H22BrNO3/c1-10-12(4-5-20-10)9-17-8-11-6-13(16)15(19-3)14(7-11)18-2/h6-7,10,12,17H,4-5,8-9H2,1-3H3. The van der Waals surface area contributed by atoms with Gasteiger partial charge in [-0.05, 0) is 52.9 Å². The van der Waals surface area contributed by atoms with Gasteiger partial charge in [-0.25, -0.2) is 0 Å². The number of nitrogens with one attached hydrogen (secondary N) is 1. The van der Waals surface area contributed by atoms with Crippen LogP contribution in [-0.4, -0.2) is 33.5 Å². The first-order valence-corrected chi connectivity index (χ1v) is 7.67. The van der Waals surface area contributed by atoms with E-state index >= 15 is 0 Å². The summed E-state index contributed by atoms with van der Waals surface area (Å²) in [6, 6.07) is 4.06. The van der Waals surface area contributed by atoms with Crippen LogP contribution in [0, 0.1) is 5.92 Å². The molecule has 2 unspecified atom stereocenters. The molecule has 4 nitrogen and oxygen atoms in total. The lowest BCUT2D eigenvalue weighted by Gasteiger charge is -2.16. The number of halogens is 1. The quantitative estimate of drug-likeness (QED) is 0.861. The minimum Gasteiger partial charge on any atom is -0.493 e. The lowest BCUT2D eigenvalue weighted by molar-refractivity contribution is 0.105. The van der Waals surface area contributed by atoms with Crippen molar-refractivity contribution >= 4 is 15.9 Å². The Labute approximate surface area is 128 Å². The van der Waals surface area contributed by atoms with Crippen LogP contribution < -0.4 is 14.8 Å². The normalized spacial score (nSPS) is 22.0. The highest BCUT2D eigenvalue weighted by atomic mass is 79.9. The van der Waals surface area contributed by atoms with Crippen molar-refractivity contribution in [1.82, 2.24) is 5.32 Å². The van der Waals surface area contributed by atoms with Gasteiger partial charge in [-0.1, -0.05) is 0 Å². The summed E-state index contributed by atoms with van der Waals surface area (Å²) < 4.78 is 17.1. The van der Waals surface area contributed by atoms with E-state index in [-0.39, 0.29) is 0 Å². The van der Waals surface area contributed by atoms with E-state index < -0.39 is 0 Å². The van der Waals surface area contributed by atoms with Gasteiger partial charge in [0.1, 0.15) is 0 Å². The number of rotatable bonds is 6. The third-order valence-electron chi connectivity index (χ3n) is 3.76. The van der Waals surface area contributed by atoms with Crippen molar-refractivity contribution in [2.45, 2.75) is 26.0 Å². The summed E-state index contributed by atoms with van der Waals surface area (Å²) in [6.07, 6.45) is 1.50. The molecule has 0 aromatic heterocycles. The summed E-state index contributed by atoms with van der Waals surface area (Å²) in [7, 11) is 3.29. The number of benzene rings is 1. The van der Waals surface area contributed by atoms with Crippen LogP contribution in [0.2, 0.25) is 0 Å². The van der Waals surface area contributed by atoms with Crippen molar-refractivity contribution in [2.24, 2.45) is 5.92 Å². The fourth-order valence-corrected chi connectivity index (χ4v) is 3.17. The second-order valence-corrected chi connectivity index (χ2v) is 5.92. The van der Waals surface area contributed by atoms with E-state index in [0.29, 0.717) is 12.0 Å². The van der Waals surface area contributed by atoms with E-state index in [1.165, 1.54) is 5.56 Å². The maximum atomic E-state index is 5.57. The number of ether oxygens (including phenoxy) is 3. The number of hydrogen-bond acceptors (Lipinski definition) is 4. The van der Waals surface area contributed by atoms with Crippen molar-refractivity contribution < 1.29 is 14.2 Å². The highest BCUT2D eigenvalue weighted by Gasteiger charge is 2.23. The summed E-state index contributed by atoms with van der Waals surface area (Å²) in [5.74, 6) is 2.09. The average molecular weight is 344 g/mol. The van der Waals surface area contributed by atoms with Crippen molar-refractivity contribution in [3.63, 3.8) is 0 Å². The van der Waals surface area contributed by atoms with E-state index in [2.05, 4.69) is 34.2 Å². The average Bonchev–Trinajstić information content (AvgIpc) is 2.84. The molecule has 0 spiro atoms. The monoisotopic (exact) mass is 343 g/mol. The van der Waals surface area contributed by atoms with E-state index in [0.717, 1.165) is 42.1 Å². The summed E-state index contributed by atoms with van der Waals surface area (Å²) in [4.78, 5) is 0. The SMILES string of the molecule is COc1cc(CNCC2CCOC2C)cc(Br)c1OC. The second kappa shape index (κ2) is 7.29. The van der Waals surface area contributed by atoms with Gasteiger partial charge in [-0.15, -0.1) is 0 Å². The number of methoxy groups -OCH3 is 2. The van der Waals surface area contributed by atoms with Gasteiger partial charge in [0.15, 0.2) is 11.5 Å². The zero-order chi connectivity index (χ0) is 14.5. The third kappa shape index (κ3) is 3.65. The molecule has 2 rings (SSSR count). The molecular formula is C15H22BrNO3. The van der Waals surface area contributed by atoms with Crippen LogP contribution >= 0.6 is 15.9 Å². The molecule has 2 atom stereocenters. The lowest BCUT2D eigenvalue weighted by atomic mass is 10.0. The predicted molar refractivity (Wildman–Crippen MR) is 82.5 cm³/mol. The van der Waals surface area contributed by atoms with E-state index in [4.69, 9.17) is 14.2 Å². The molecule has 1 N–H and O–H groups in total. The second-order valence-electron chi connectivity index (χ2n) is 5.07. The first-order chi connectivity index (χ1) is 9.65. The van der Waals surface area contributed by atoms with Crippen LogP contribution in [0.4, 0.5) is 0 Å². The molecule has 1 fully saturated rings. The Hall–Kier alpha value is -0.780. The van der Waals surface area contributed by atoms with Crippen LogP contribution in [0.3, 0.4) is 0 Å². The molecule has 1 aromatic carbocycles. The third-order valence-corrected chi connectivity index (χ3v) is 4.35. The topological polar surface area (TPSA) is 39.7 Å². The number of hydrogen-bond donors (Lipinski definition) is 1. The summed E-state index contributed by atoms with van der Waals surface area (Å²) in [5.41, 5.74) is 1.17. The van der Waals surface area contributed by atoms with Crippen LogP contribution in [-0.2, 0) is 11.3 Å². The Kier molecular flexibility index (Phi) is 5.69. The lowest BCUT2D eigenvalue weighted by Crippen LogP contribution is -2.26. The predicted octanol–water partition coefficient (Wildman–Crippen LogP) is 2.98. The fourth-order valence-electron chi connectivity index (χ4n) is 2.52. The maximum Gasteiger partial charge on any atom is 0.174 e. The van der Waals surface area contributed by atoms with Crippen molar-refractivity contribution in [3.8, 4) is 11.5 Å². The Morgan fingerprint density at radius 3 is 2.75 bits per heavy atom. The van der Waals surface area contributed by atoms with E-state index in [9.17, 15) is 0 Å². The molecule has 0 bridgehead atoms. The van der Waals surface area contributed by atoms with Crippen LogP contribution in [0.1, 0.15) is 18.9 Å². The van der Waals surface area contributed by atoms with Gasteiger partial charge in [-0.3, -0.25) is 0 Å². The van der Waals surface area contributed by atoms with E-state index in [1.807, 2.05) is 6.07 Å². The molecule has 1 aliphatic heterocycles. The molecule has 0 amide bonds. The molecule has 112 valence electrons. The molecule has 0 aliphatic carbocycles. The van der Waals surface area contributed by atoms with E-state index in [1.54, 1.807) is 14.2 Å². The highest BCUT2D eigenvalue weighted by Crippen LogP contribution is 2.36. The molecule has 20 heavy (non-hydrogen) atoms. The Bertz CT molecular complexity index is 453. The van der Waals surface area contributed by atoms with Crippen molar-refractivity contribution in [3.05, 3.63) is 22.2 Å². The smallest absolute Gasteiger partial charge is 0.174 e. The molecule has 1 aromatic rings. The van der Waals surface area contributed by atoms with Gasteiger partial charge in [0.2, 0.25) is 0 Å². The van der Waals surface area contributed by atoms with Gasteiger partial charge in [0.05, 0.1) is 24.8 Å². The summed E-state index contributed by atoms with van der Waals surface area (Å²) >= 11 is 3.51. The Morgan fingerprint density at radius 1 is 1.35 bits per heavy atom. The van der Waals surface area contributed by atoms with Crippen molar-refractivity contribution in [1.29, 1.82) is 0 Å². The zero-order valence-electron chi connectivity index (χ0n) is 12.2. The van der Waals surface area contributed by atoms with Gasteiger partial charge < -0.3 is 19.5 Å². The van der Waals surface area contributed by atoms with Gasteiger partial charge in [-0.2, -0.15) is 0 Å². The Morgan fingerprint density at radius 2 is 2.15 bits per heavy atom. The largest absolute Gasteiger partial charge is 0.493 e. The summed E-state index contributed by atoms with van der Waals surface area (Å²) in [6.45, 7) is 4.82. The van der Waals surface area contributed by atoms with Crippen LogP contribution in [0.5, 0.6) is 11.5 Å². The van der Waals surface area contributed by atoms with Crippen LogP contribution in [0.25, 0.3) is 0 Å². The molecule has 5 heteroatoms. The fraction of sp³-hybridized carbons (Fsp3) is 0.600. The summed E-state index contributed by atoms with van der Waals surface area (Å²) in [5, 5.41) is 3.49. The minimum atomic E-state index is 0.361. The molecule has 1 aliphatic rings. The van der Waals surface area contributed by atoms with Gasteiger partial charge in [0.25, 0.3) is 0 Å². The maximum absolute atomic E-state index is 5.57. The van der Waals surface area contributed by atoms with Crippen molar-refractivity contribution in [2.75, 3.05) is 27.4 Å².